The normalized spacial score (nSPS) is 10.4. The maximum Gasteiger partial charge on any atom is 0.260 e. The van der Waals surface area contributed by atoms with Crippen LogP contribution in [0.2, 0.25) is 5.02 Å². The number of hydrogen-bond donors (Lipinski definition) is 3. The third kappa shape index (κ3) is 5.43. The van der Waals surface area contributed by atoms with E-state index in [0.717, 1.165) is 0 Å². The first-order chi connectivity index (χ1) is 13.8. The molecule has 3 aromatic rings. The second kappa shape index (κ2) is 8.89. The lowest BCUT2D eigenvalue weighted by Crippen LogP contribution is -2.17. The van der Waals surface area contributed by atoms with Gasteiger partial charge in [-0.15, -0.1) is 11.3 Å². The Kier molecular flexibility index (Phi) is 6.30. The molecule has 0 saturated heterocycles. The van der Waals surface area contributed by atoms with Crippen molar-refractivity contribution >= 4 is 57.2 Å². The van der Waals surface area contributed by atoms with Gasteiger partial charge in [0, 0.05) is 17.3 Å². The van der Waals surface area contributed by atoms with Gasteiger partial charge >= 0.3 is 0 Å². The van der Waals surface area contributed by atoms with Gasteiger partial charge in [-0.3, -0.25) is 19.7 Å². The number of aromatic nitrogens is 1. The number of hydrogen-bond acceptors (Lipinski definition) is 6. The first kappa shape index (κ1) is 20.6. The van der Waals surface area contributed by atoms with E-state index in [1.165, 1.54) is 24.5 Å². The van der Waals surface area contributed by atoms with Gasteiger partial charge < -0.3 is 15.1 Å². The summed E-state index contributed by atoms with van der Waals surface area (Å²) in [6.45, 7) is 3.06. The Bertz CT molecular complexity index is 1080. The van der Waals surface area contributed by atoms with Crippen LogP contribution in [0.3, 0.4) is 0 Å². The number of nitrogens with one attached hydrogen (secondary N) is 3. The molecule has 1 aromatic carbocycles. The molecule has 0 bridgehead atoms. The average Bonchev–Trinajstić information content (AvgIpc) is 3.25. The first-order valence-electron chi connectivity index (χ1n) is 8.48. The number of benzene rings is 1. The molecule has 3 rings (SSSR count). The maximum absolute atomic E-state index is 12.4. The summed E-state index contributed by atoms with van der Waals surface area (Å²) < 4.78 is 5.11. The zero-order chi connectivity index (χ0) is 21.0. The summed E-state index contributed by atoms with van der Waals surface area (Å²) in [5.41, 5.74) is 1.75. The molecule has 8 nitrogen and oxygen atoms in total. The Labute approximate surface area is 175 Å². The fourth-order valence-corrected chi connectivity index (χ4v) is 3.39. The van der Waals surface area contributed by atoms with E-state index in [1.54, 1.807) is 36.6 Å². The van der Waals surface area contributed by atoms with E-state index in [9.17, 15) is 14.4 Å². The van der Waals surface area contributed by atoms with Crippen LogP contribution in [0.15, 0.2) is 40.3 Å². The van der Waals surface area contributed by atoms with E-state index in [4.69, 9.17) is 16.0 Å². The van der Waals surface area contributed by atoms with Gasteiger partial charge in [-0.1, -0.05) is 11.6 Å². The fraction of sp³-hybridized carbons (Fsp3) is 0.158. The zero-order valence-electron chi connectivity index (χ0n) is 15.5. The number of furan rings is 1. The summed E-state index contributed by atoms with van der Waals surface area (Å²) in [4.78, 5) is 40.2. The first-order valence-corrected chi connectivity index (χ1v) is 9.74. The van der Waals surface area contributed by atoms with Crippen LogP contribution in [0.25, 0.3) is 0 Å². The molecule has 0 unspecified atom stereocenters. The third-order valence-electron chi connectivity index (χ3n) is 3.78. The summed E-state index contributed by atoms with van der Waals surface area (Å²) in [5.74, 6) is -0.432. The van der Waals surface area contributed by atoms with Crippen LogP contribution in [0.4, 0.5) is 16.5 Å². The van der Waals surface area contributed by atoms with Crippen LogP contribution in [0.1, 0.15) is 28.7 Å². The molecule has 0 fully saturated rings. The predicted molar refractivity (Wildman–Crippen MR) is 112 cm³/mol. The maximum atomic E-state index is 12.4. The monoisotopic (exact) mass is 432 g/mol. The van der Waals surface area contributed by atoms with Crippen molar-refractivity contribution in [2.45, 2.75) is 20.3 Å². The number of amides is 3. The van der Waals surface area contributed by atoms with Gasteiger partial charge in [0.1, 0.15) is 5.76 Å². The molecular weight excluding hydrogens is 416 g/mol. The highest BCUT2D eigenvalue weighted by molar-refractivity contribution is 7.14. The number of carbonyl (C=O) groups excluding carboxylic acids is 3. The third-order valence-corrected chi connectivity index (χ3v) is 4.83. The van der Waals surface area contributed by atoms with Crippen molar-refractivity contribution < 1.29 is 18.8 Å². The number of carbonyl (C=O) groups is 3. The molecular formula is C19H17ClN4O4S. The Balaban J connectivity index is 1.64. The molecule has 2 heterocycles. The topological polar surface area (TPSA) is 113 Å². The summed E-state index contributed by atoms with van der Waals surface area (Å²) in [5, 5.41) is 10.5. The second-order valence-corrected chi connectivity index (χ2v) is 7.38. The molecule has 150 valence electrons. The van der Waals surface area contributed by atoms with Gasteiger partial charge in [0.2, 0.25) is 11.8 Å². The average molecular weight is 433 g/mol. The minimum absolute atomic E-state index is 0.0108. The molecule has 0 aliphatic rings. The van der Waals surface area contributed by atoms with Crippen molar-refractivity contribution in [3.63, 3.8) is 0 Å². The minimum atomic E-state index is -0.340. The minimum Gasteiger partial charge on any atom is -0.469 e. The van der Waals surface area contributed by atoms with Crippen molar-refractivity contribution in [2.24, 2.45) is 0 Å². The molecule has 0 saturated carbocycles. The predicted octanol–water partition coefficient (Wildman–Crippen LogP) is 4.09. The highest BCUT2D eigenvalue weighted by Gasteiger charge is 2.15. The standard InChI is InChI=1S/C19H17ClN4O4S/c1-10-14(5-6-28-10)18(27)24-19-22-13(9-29-19)8-17(26)23-16-7-12(20)3-4-15(16)21-11(2)25/h3-7,9H,8H2,1-2H3,(H,21,25)(H,23,26)(H,22,24,27). The number of halogens is 1. The van der Waals surface area contributed by atoms with E-state index in [2.05, 4.69) is 20.9 Å². The van der Waals surface area contributed by atoms with Gasteiger partial charge in [-0.25, -0.2) is 4.98 Å². The Morgan fingerprint density at radius 2 is 1.93 bits per heavy atom. The largest absolute Gasteiger partial charge is 0.469 e. The lowest BCUT2D eigenvalue weighted by Gasteiger charge is -2.11. The van der Waals surface area contributed by atoms with Crippen LogP contribution in [-0.2, 0) is 16.0 Å². The van der Waals surface area contributed by atoms with Crippen molar-refractivity contribution in [1.82, 2.24) is 4.98 Å². The molecule has 29 heavy (non-hydrogen) atoms. The summed E-state index contributed by atoms with van der Waals surface area (Å²) in [6, 6.07) is 6.34. The number of rotatable bonds is 6. The van der Waals surface area contributed by atoms with E-state index < -0.39 is 0 Å². The molecule has 0 spiro atoms. The van der Waals surface area contributed by atoms with E-state index in [0.29, 0.717) is 38.5 Å². The quantitative estimate of drug-likeness (QED) is 0.543. The van der Waals surface area contributed by atoms with Gasteiger partial charge in [0.25, 0.3) is 5.91 Å². The number of nitrogens with zero attached hydrogens (tertiary/aromatic N) is 1. The van der Waals surface area contributed by atoms with Crippen LogP contribution < -0.4 is 16.0 Å². The fourth-order valence-electron chi connectivity index (χ4n) is 2.51. The Morgan fingerprint density at radius 1 is 1.14 bits per heavy atom. The van der Waals surface area contributed by atoms with E-state index in [1.807, 2.05) is 0 Å². The van der Waals surface area contributed by atoms with Crippen molar-refractivity contribution in [2.75, 3.05) is 16.0 Å². The van der Waals surface area contributed by atoms with Gasteiger partial charge in [-0.2, -0.15) is 0 Å². The van der Waals surface area contributed by atoms with Gasteiger partial charge in [0.15, 0.2) is 5.13 Å². The summed E-state index contributed by atoms with van der Waals surface area (Å²) >= 11 is 7.19. The Hall–Kier alpha value is -3.17. The van der Waals surface area contributed by atoms with Crippen molar-refractivity contribution in [1.29, 1.82) is 0 Å². The van der Waals surface area contributed by atoms with Crippen LogP contribution in [0, 0.1) is 6.92 Å². The lowest BCUT2D eigenvalue weighted by atomic mass is 10.2. The van der Waals surface area contributed by atoms with Crippen LogP contribution >= 0.6 is 22.9 Å². The molecule has 0 atom stereocenters. The zero-order valence-corrected chi connectivity index (χ0v) is 17.1. The molecule has 0 aliphatic heterocycles. The molecule has 0 aliphatic carbocycles. The molecule has 3 amide bonds. The second-order valence-electron chi connectivity index (χ2n) is 6.08. The SMILES string of the molecule is CC(=O)Nc1ccc(Cl)cc1NC(=O)Cc1csc(NC(=O)c2ccoc2C)n1. The van der Waals surface area contributed by atoms with Crippen LogP contribution in [0.5, 0.6) is 0 Å². The van der Waals surface area contributed by atoms with Crippen molar-refractivity contribution in [3.8, 4) is 0 Å². The Morgan fingerprint density at radius 3 is 2.62 bits per heavy atom. The van der Waals surface area contributed by atoms with Crippen molar-refractivity contribution in [3.05, 3.63) is 57.9 Å². The van der Waals surface area contributed by atoms with Crippen LogP contribution in [-0.4, -0.2) is 22.7 Å². The van der Waals surface area contributed by atoms with E-state index >= 15 is 0 Å². The molecule has 2 aromatic heterocycles. The number of thiazole rings is 1. The molecule has 3 N–H and O–H groups in total. The molecule has 10 heteroatoms. The number of aryl methyl sites for hydroxylation is 1. The van der Waals surface area contributed by atoms with E-state index in [-0.39, 0.29) is 24.1 Å². The smallest absolute Gasteiger partial charge is 0.260 e. The lowest BCUT2D eigenvalue weighted by molar-refractivity contribution is -0.116. The summed E-state index contributed by atoms with van der Waals surface area (Å²) in [6.07, 6.45) is 1.43. The highest BCUT2D eigenvalue weighted by atomic mass is 35.5. The van der Waals surface area contributed by atoms with Gasteiger partial charge in [0.05, 0.1) is 35.3 Å². The highest BCUT2D eigenvalue weighted by Crippen LogP contribution is 2.26. The molecule has 0 radical (unpaired) electrons. The van der Waals surface area contributed by atoms with Gasteiger partial charge in [-0.05, 0) is 31.2 Å². The summed E-state index contributed by atoms with van der Waals surface area (Å²) in [7, 11) is 0. The number of anilines is 3.